The Morgan fingerprint density at radius 3 is 2.42 bits per heavy atom. The highest BCUT2D eigenvalue weighted by Gasteiger charge is 2.19. The van der Waals surface area contributed by atoms with Crippen LogP contribution >= 0.6 is 11.6 Å². The van der Waals surface area contributed by atoms with E-state index in [4.69, 9.17) is 11.6 Å². The van der Waals surface area contributed by atoms with Gasteiger partial charge in [0.25, 0.3) is 0 Å². The van der Waals surface area contributed by atoms with Crippen LogP contribution in [0.15, 0.2) is 24.3 Å². The highest BCUT2D eigenvalue weighted by atomic mass is 35.5. The molecular formula is C17H25ClN4O2. The fourth-order valence-corrected chi connectivity index (χ4v) is 2.83. The van der Waals surface area contributed by atoms with Crippen molar-refractivity contribution in [3.63, 3.8) is 0 Å². The number of benzene rings is 1. The fraction of sp³-hybridized carbons (Fsp3) is 0.529. The van der Waals surface area contributed by atoms with Crippen LogP contribution in [-0.4, -0.2) is 79.9 Å². The quantitative estimate of drug-likeness (QED) is 0.869. The Balaban J connectivity index is 1.79. The summed E-state index contributed by atoms with van der Waals surface area (Å²) in [6.07, 6.45) is 0.950. The zero-order valence-electron chi connectivity index (χ0n) is 14.3. The first-order chi connectivity index (χ1) is 11.4. The van der Waals surface area contributed by atoms with E-state index in [2.05, 4.69) is 15.1 Å². The number of anilines is 1. The predicted octanol–water partition coefficient (Wildman–Crippen LogP) is 1.37. The smallest absolute Gasteiger partial charge is 0.238 e. The lowest BCUT2D eigenvalue weighted by molar-refractivity contribution is -0.129. The molecule has 1 saturated heterocycles. The summed E-state index contributed by atoms with van der Waals surface area (Å²) < 4.78 is 0. The number of halogens is 1. The molecule has 1 aliphatic rings. The second-order valence-corrected chi connectivity index (χ2v) is 6.69. The molecule has 0 saturated carbocycles. The number of nitrogens with one attached hydrogen (secondary N) is 1. The molecule has 0 radical (unpaired) electrons. The maximum atomic E-state index is 12.2. The van der Waals surface area contributed by atoms with Crippen LogP contribution in [0.1, 0.15) is 6.42 Å². The molecule has 7 heteroatoms. The van der Waals surface area contributed by atoms with E-state index >= 15 is 0 Å². The SMILES string of the molecule is CN(C)C(=O)CN1CCCN(CC(=O)Nc2cccc(Cl)c2)CC1. The van der Waals surface area contributed by atoms with Gasteiger partial charge in [-0.3, -0.25) is 19.4 Å². The summed E-state index contributed by atoms with van der Waals surface area (Å²) in [6.45, 7) is 4.10. The van der Waals surface area contributed by atoms with Gasteiger partial charge in [0.15, 0.2) is 0 Å². The highest BCUT2D eigenvalue weighted by Crippen LogP contribution is 2.15. The van der Waals surface area contributed by atoms with Crippen LogP contribution in [0.2, 0.25) is 5.02 Å². The normalized spacial score (nSPS) is 16.5. The summed E-state index contributed by atoms with van der Waals surface area (Å²) in [6, 6.07) is 7.14. The number of hydrogen-bond donors (Lipinski definition) is 1. The number of amides is 2. The monoisotopic (exact) mass is 352 g/mol. The summed E-state index contributed by atoms with van der Waals surface area (Å²) >= 11 is 5.92. The lowest BCUT2D eigenvalue weighted by atomic mass is 10.3. The van der Waals surface area contributed by atoms with Crippen LogP contribution in [0, 0.1) is 0 Å². The van der Waals surface area contributed by atoms with Crippen molar-refractivity contribution in [1.82, 2.24) is 14.7 Å². The number of hydrogen-bond acceptors (Lipinski definition) is 4. The van der Waals surface area contributed by atoms with Crippen molar-refractivity contribution in [2.45, 2.75) is 6.42 Å². The van der Waals surface area contributed by atoms with Crippen LogP contribution in [0.25, 0.3) is 0 Å². The van der Waals surface area contributed by atoms with Gasteiger partial charge in [-0.05, 0) is 37.7 Å². The van der Waals surface area contributed by atoms with Gasteiger partial charge in [0, 0.05) is 37.9 Å². The molecule has 0 unspecified atom stereocenters. The Labute approximate surface area is 148 Å². The minimum Gasteiger partial charge on any atom is -0.348 e. The summed E-state index contributed by atoms with van der Waals surface area (Å²) in [4.78, 5) is 29.9. The van der Waals surface area contributed by atoms with Gasteiger partial charge in [-0.2, -0.15) is 0 Å². The molecule has 2 rings (SSSR count). The largest absolute Gasteiger partial charge is 0.348 e. The predicted molar refractivity (Wildman–Crippen MR) is 96.3 cm³/mol. The Bertz CT molecular complexity index is 579. The standard InChI is InChI=1S/C17H25ClN4O2/c1-20(2)17(24)13-22-8-4-7-21(9-10-22)12-16(23)19-15-6-3-5-14(18)11-15/h3,5-6,11H,4,7-10,12-13H2,1-2H3,(H,19,23). The zero-order valence-corrected chi connectivity index (χ0v) is 15.1. The molecule has 1 N–H and O–H groups in total. The Morgan fingerprint density at radius 2 is 1.79 bits per heavy atom. The average Bonchev–Trinajstić information content (AvgIpc) is 2.72. The fourth-order valence-electron chi connectivity index (χ4n) is 2.64. The van der Waals surface area contributed by atoms with E-state index in [9.17, 15) is 9.59 Å². The van der Waals surface area contributed by atoms with Crippen LogP contribution < -0.4 is 5.32 Å². The Hall–Kier alpha value is -1.63. The third kappa shape index (κ3) is 6.11. The van der Waals surface area contributed by atoms with E-state index in [1.165, 1.54) is 0 Å². The molecule has 0 atom stereocenters. The van der Waals surface area contributed by atoms with E-state index in [1.54, 1.807) is 31.1 Å². The highest BCUT2D eigenvalue weighted by molar-refractivity contribution is 6.30. The van der Waals surface area contributed by atoms with Crippen molar-refractivity contribution in [2.24, 2.45) is 0 Å². The topological polar surface area (TPSA) is 55.9 Å². The third-order valence-corrected chi connectivity index (χ3v) is 4.25. The van der Waals surface area contributed by atoms with Crippen molar-refractivity contribution in [3.05, 3.63) is 29.3 Å². The molecule has 0 aromatic heterocycles. The molecule has 0 aliphatic carbocycles. The molecule has 1 fully saturated rings. The van der Waals surface area contributed by atoms with E-state index in [-0.39, 0.29) is 11.8 Å². The maximum Gasteiger partial charge on any atom is 0.238 e. The van der Waals surface area contributed by atoms with Crippen molar-refractivity contribution in [2.75, 3.05) is 58.7 Å². The third-order valence-electron chi connectivity index (χ3n) is 4.01. The summed E-state index contributed by atoms with van der Waals surface area (Å²) in [5.74, 6) is 0.0669. The Kier molecular flexibility index (Phi) is 7.02. The Morgan fingerprint density at radius 1 is 1.12 bits per heavy atom. The van der Waals surface area contributed by atoms with Gasteiger partial charge in [0.2, 0.25) is 11.8 Å². The molecule has 132 valence electrons. The minimum absolute atomic E-state index is 0.0462. The number of nitrogens with zero attached hydrogens (tertiary/aromatic N) is 3. The zero-order chi connectivity index (χ0) is 17.5. The van der Waals surface area contributed by atoms with E-state index < -0.39 is 0 Å². The first-order valence-corrected chi connectivity index (χ1v) is 8.52. The number of likely N-dealkylation sites (N-methyl/N-ethyl adjacent to an activating group) is 1. The molecule has 6 nitrogen and oxygen atoms in total. The second kappa shape index (κ2) is 9.01. The van der Waals surface area contributed by atoms with Gasteiger partial charge in [-0.15, -0.1) is 0 Å². The molecule has 2 amide bonds. The van der Waals surface area contributed by atoms with Gasteiger partial charge in [-0.1, -0.05) is 17.7 Å². The first kappa shape index (κ1) is 18.7. The van der Waals surface area contributed by atoms with Gasteiger partial charge in [0.05, 0.1) is 13.1 Å². The maximum absolute atomic E-state index is 12.2. The van der Waals surface area contributed by atoms with Gasteiger partial charge < -0.3 is 10.2 Å². The van der Waals surface area contributed by atoms with Gasteiger partial charge >= 0.3 is 0 Å². The molecule has 1 aromatic rings. The van der Waals surface area contributed by atoms with E-state index in [0.717, 1.165) is 32.6 Å². The van der Waals surface area contributed by atoms with Crippen molar-refractivity contribution >= 4 is 29.1 Å². The van der Waals surface area contributed by atoms with Crippen molar-refractivity contribution in [1.29, 1.82) is 0 Å². The lowest BCUT2D eigenvalue weighted by Gasteiger charge is -2.22. The molecule has 0 spiro atoms. The number of carbonyl (C=O) groups is 2. The van der Waals surface area contributed by atoms with Crippen molar-refractivity contribution in [3.8, 4) is 0 Å². The molecular weight excluding hydrogens is 328 g/mol. The van der Waals surface area contributed by atoms with E-state index in [1.807, 2.05) is 12.1 Å². The first-order valence-electron chi connectivity index (χ1n) is 8.14. The van der Waals surface area contributed by atoms with Crippen LogP contribution in [0.3, 0.4) is 0 Å². The van der Waals surface area contributed by atoms with E-state index in [0.29, 0.717) is 23.8 Å². The van der Waals surface area contributed by atoms with Crippen molar-refractivity contribution < 1.29 is 9.59 Å². The minimum atomic E-state index is -0.0462. The summed E-state index contributed by atoms with van der Waals surface area (Å²) in [7, 11) is 3.54. The molecule has 1 heterocycles. The summed E-state index contributed by atoms with van der Waals surface area (Å²) in [5, 5.41) is 3.47. The number of rotatable bonds is 5. The summed E-state index contributed by atoms with van der Waals surface area (Å²) in [5.41, 5.74) is 0.709. The van der Waals surface area contributed by atoms with Gasteiger partial charge in [-0.25, -0.2) is 0 Å². The molecule has 24 heavy (non-hydrogen) atoms. The average molecular weight is 353 g/mol. The number of carbonyl (C=O) groups excluding carboxylic acids is 2. The van der Waals surface area contributed by atoms with Crippen LogP contribution in [0.4, 0.5) is 5.69 Å². The second-order valence-electron chi connectivity index (χ2n) is 6.25. The molecule has 0 bridgehead atoms. The molecule has 1 aromatic carbocycles. The molecule has 1 aliphatic heterocycles. The van der Waals surface area contributed by atoms with Gasteiger partial charge in [0.1, 0.15) is 0 Å². The lowest BCUT2D eigenvalue weighted by Crippen LogP contribution is -2.39. The van der Waals surface area contributed by atoms with Crippen LogP contribution in [-0.2, 0) is 9.59 Å². The van der Waals surface area contributed by atoms with Crippen LogP contribution in [0.5, 0.6) is 0 Å².